The van der Waals surface area contributed by atoms with Crippen LogP contribution in [0.4, 0.5) is 5.69 Å². The molecule has 30 heavy (non-hydrogen) atoms. The van der Waals surface area contributed by atoms with E-state index in [1.165, 1.54) is 0 Å². The largest absolute Gasteiger partial charge is 0.480 e. The molecule has 1 aromatic heterocycles. The highest BCUT2D eigenvalue weighted by atomic mass is 35.5. The van der Waals surface area contributed by atoms with E-state index in [2.05, 4.69) is 11.1 Å². The average Bonchev–Trinajstić information content (AvgIpc) is 2.67. The zero-order valence-electron chi connectivity index (χ0n) is 17.0. The molecule has 0 N–H and O–H groups in total. The third-order valence-corrected chi connectivity index (χ3v) is 5.18. The highest BCUT2D eigenvalue weighted by molar-refractivity contribution is 6.39. The van der Waals surface area contributed by atoms with Crippen LogP contribution in [0.15, 0.2) is 36.4 Å². The Balaban J connectivity index is 1.90. The van der Waals surface area contributed by atoms with Crippen molar-refractivity contribution in [2.45, 2.75) is 27.2 Å². The summed E-state index contributed by atoms with van der Waals surface area (Å²) in [5, 5.41) is 10.5. The van der Waals surface area contributed by atoms with Gasteiger partial charge in [0, 0.05) is 23.3 Å². The molecule has 0 radical (unpaired) electrons. The van der Waals surface area contributed by atoms with Gasteiger partial charge in [0.25, 0.3) is 5.91 Å². The van der Waals surface area contributed by atoms with Crippen molar-refractivity contribution in [1.29, 1.82) is 5.26 Å². The smallest absolute Gasteiger partial charge is 0.264 e. The number of amides is 1. The van der Waals surface area contributed by atoms with Crippen LogP contribution in [-0.2, 0) is 4.79 Å². The van der Waals surface area contributed by atoms with Gasteiger partial charge in [-0.15, -0.1) is 0 Å². The number of nitrogens with zero attached hydrogens (tertiary/aromatic N) is 3. The molecule has 3 rings (SSSR count). The summed E-state index contributed by atoms with van der Waals surface area (Å²) in [4.78, 5) is 19.1. The molecule has 5 nitrogen and oxygen atoms in total. The second-order valence-electron chi connectivity index (χ2n) is 7.11. The first-order chi connectivity index (χ1) is 14.3. The number of pyridine rings is 1. The van der Waals surface area contributed by atoms with Crippen LogP contribution in [0.3, 0.4) is 0 Å². The molecule has 1 heterocycles. The van der Waals surface area contributed by atoms with Gasteiger partial charge >= 0.3 is 0 Å². The Kier molecular flexibility index (Phi) is 6.81. The molecular formula is C23H21Cl2N3O2. The number of aromatic nitrogens is 1. The van der Waals surface area contributed by atoms with E-state index in [9.17, 15) is 4.79 Å². The number of hydrogen-bond donors (Lipinski definition) is 0. The van der Waals surface area contributed by atoms with Crippen LogP contribution in [-0.4, -0.2) is 24.0 Å². The number of fused-ring (bicyclic) bond motifs is 1. The SMILES string of the molecule is Cc1cc(C)cc(N(CCC#N)C(=O)COc2c(Cl)cc(Cl)c3ccc(C)nc23)c1. The van der Waals surface area contributed by atoms with E-state index in [0.717, 1.165) is 22.5 Å². The first-order valence-electron chi connectivity index (χ1n) is 9.44. The number of ether oxygens (including phenoxy) is 1. The van der Waals surface area contributed by atoms with Crippen LogP contribution in [0, 0.1) is 32.1 Å². The van der Waals surface area contributed by atoms with Crippen molar-refractivity contribution in [3.63, 3.8) is 0 Å². The summed E-state index contributed by atoms with van der Waals surface area (Å²) in [6.07, 6.45) is 0.212. The summed E-state index contributed by atoms with van der Waals surface area (Å²) in [6.45, 7) is 5.81. The van der Waals surface area contributed by atoms with E-state index in [-0.39, 0.29) is 30.5 Å². The summed E-state index contributed by atoms with van der Waals surface area (Å²) in [5.74, 6) is 0.0378. The van der Waals surface area contributed by atoms with Crippen LogP contribution in [0.2, 0.25) is 10.0 Å². The molecule has 0 atom stereocenters. The normalized spacial score (nSPS) is 10.7. The first-order valence-corrected chi connectivity index (χ1v) is 10.2. The van der Waals surface area contributed by atoms with Gasteiger partial charge in [-0.25, -0.2) is 4.98 Å². The van der Waals surface area contributed by atoms with E-state index in [4.69, 9.17) is 33.2 Å². The zero-order valence-corrected chi connectivity index (χ0v) is 18.5. The van der Waals surface area contributed by atoms with Gasteiger partial charge in [-0.05, 0) is 62.2 Å². The summed E-state index contributed by atoms with van der Waals surface area (Å²) in [7, 11) is 0. The van der Waals surface area contributed by atoms with Crippen LogP contribution in [0.5, 0.6) is 5.75 Å². The summed E-state index contributed by atoms with van der Waals surface area (Å²) in [5.41, 5.74) is 4.09. The Bertz CT molecular complexity index is 1140. The lowest BCUT2D eigenvalue weighted by Gasteiger charge is -2.23. The third-order valence-electron chi connectivity index (χ3n) is 4.58. The topological polar surface area (TPSA) is 66.2 Å². The molecule has 0 aliphatic rings. The van der Waals surface area contributed by atoms with Gasteiger partial charge in [-0.1, -0.05) is 29.3 Å². The van der Waals surface area contributed by atoms with Crippen molar-refractivity contribution in [2.24, 2.45) is 0 Å². The minimum absolute atomic E-state index is 0.212. The molecule has 7 heteroatoms. The molecule has 0 aliphatic carbocycles. The van der Waals surface area contributed by atoms with Gasteiger partial charge < -0.3 is 9.64 Å². The highest BCUT2D eigenvalue weighted by Gasteiger charge is 2.19. The maximum Gasteiger partial charge on any atom is 0.264 e. The lowest BCUT2D eigenvalue weighted by atomic mass is 10.1. The van der Waals surface area contributed by atoms with E-state index < -0.39 is 0 Å². The fourth-order valence-corrected chi connectivity index (χ4v) is 3.88. The van der Waals surface area contributed by atoms with Gasteiger partial charge in [0.15, 0.2) is 12.4 Å². The molecule has 0 spiro atoms. The van der Waals surface area contributed by atoms with Crippen molar-refractivity contribution < 1.29 is 9.53 Å². The fraction of sp³-hybridized carbons (Fsp3) is 0.261. The standard InChI is InChI=1S/C23H21Cl2N3O2/c1-14-9-15(2)11-17(10-14)28(8-4-7-26)21(29)13-30-23-20(25)12-19(24)18-6-5-16(3)27-22(18)23/h5-6,9-12H,4,8,13H2,1-3H3. The monoisotopic (exact) mass is 441 g/mol. The Morgan fingerprint density at radius 1 is 1.10 bits per heavy atom. The summed E-state index contributed by atoms with van der Waals surface area (Å²) >= 11 is 12.6. The van der Waals surface area contributed by atoms with Gasteiger partial charge in [-0.2, -0.15) is 5.26 Å². The maximum absolute atomic E-state index is 13.0. The van der Waals surface area contributed by atoms with E-state index in [1.54, 1.807) is 11.0 Å². The van der Waals surface area contributed by atoms with Gasteiger partial charge in [0.2, 0.25) is 0 Å². The van der Waals surface area contributed by atoms with Crippen LogP contribution >= 0.6 is 23.2 Å². The minimum Gasteiger partial charge on any atom is -0.480 e. The molecule has 0 unspecified atom stereocenters. The molecule has 0 saturated heterocycles. The number of nitriles is 1. The number of benzene rings is 2. The number of anilines is 1. The van der Waals surface area contributed by atoms with Crippen molar-refractivity contribution in [3.8, 4) is 11.8 Å². The van der Waals surface area contributed by atoms with Gasteiger partial charge in [-0.3, -0.25) is 4.79 Å². The number of aryl methyl sites for hydroxylation is 3. The Hall–Kier alpha value is -2.81. The molecule has 3 aromatic rings. The molecule has 0 bridgehead atoms. The van der Waals surface area contributed by atoms with E-state index in [1.807, 2.05) is 51.1 Å². The molecule has 0 fully saturated rings. The summed E-state index contributed by atoms with van der Waals surface area (Å²) < 4.78 is 5.84. The number of hydrogen-bond acceptors (Lipinski definition) is 4. The van der Waals surface area contributed by atoms with Crippen molar-refractivity contribution in [1.82, 2.24) is 4.98 Å². The molecule has 0 aliphatic heterocycles. The minimum atomic E-state index is -0.276. The highest BCUT2D eigenvalue weighted by Crippen LogP contribution is 2.37. The number of halogens is 2. The van der Waals surface area contributed by atoms with Crippen molar-refractivity contribution in [2.75, 3.05) is 18.1 Å². The molecule has 1 amide bonds. The number of carbonyl (C=O) groups is 1. The lowest BCUT2D eigenvalue weighted by Crippen LogP contribution is -2.36. The lowest BCUT2D eigenvalue weighted by molar-refractivity contribution is -0.120. The Morgan fingerprint density at radius 2 is 1.80 bits per heavy atom. The Morgan fingerprint density at radius 3 is 2.47 bits per heavy atom. The maximum atomic E-state index is 13.0. The van der Waals surface area contributed by atoms with Crippen molar-refractivity contribution in [3.05, 3.63) is 63.3 Å². The first kappa shape index (κ1) is 21.9. The quantitative estimate of drug-likeness (QED) is 0.485. The van der Waals surface area contributed by atoms with Crippen LogP contribution in [0.25, 0.3) is 10.9 Å². The average molecular weight is 442 g/mol. The zero-order chi connectivity index (χ0) is 21.8. The molecule has 2 aromatic carbocycles. The molecular weight excluding hydrogens is 421 g/mol. The second kappa shape index (κ2) is 9.34. The van der Waals surface area contributed by atoms with Crippen LogP contribution < -0.4 is 9.64 Å². The number of carbonyl (C=O) groups excluding carboxylic acids is 1. The van der Waals surface area contributed by atoms with E-state index >= 15 is 0 Å². The second-order valence-corrected chi connectivity index (χ2v) is 7.92. The van der Waals surface area contributed by atoms with E-state index in [0.29, 0.717) is 21.7 Å². The van der Waals surface area contributed by atoms with Crippen LogP contribution in [0.1, 0.15) is 23.2 Å². The fourth-order valence-electron chi connectivity index (χ4n) is 3.31. The predicted molar refractivity (Wildman–Crippen MR) is 120 cm³/mol. The third kappa shape index (κ3) is 4.84. The molecule has 0 saturated carbocycles. The van der Waals surface area contributed by atoms with Crippen molar-refractivity contribution >= 4 is 45.7 Å². The Labute approximate surface area is 185 Å². The predicted octanol–water partition coefficient (Wildman–Crippen LogP) is 5.79. The van der Waals surface area contributed by atoms with Gasteiger partial charge in [0.05, 0.1) is 22.5 Å². The molecule has 154 valence electrons. The number of rotatable bonds is 6. The summed E-state index contributed by atoms with van der Waals surface area (Å²) in [6, 6.07) is 13.2. The van der Waals surface area contributed by atoms with Gasteiger partial charge in [0.1, 0.15) is 5.52 Å².